The fourth-order valence-electron chi connectivity index (χ4n) is 0.472. The first-order valence-electron chi connectivity index (χ1n) is 3.22. The molecule has 0 aliphatic heterocycles. The van der Waals surface area contributed by atoms with Gasteiger partial charge < -0.3 is 9.47 Å². The van der Waals surface area contributed by atoms with E-state index in [4.69, 9.17) is 9.47 Å². The van der Waals surface area contributed by atoms with E-state index >= 15 is 0 Å². The third-order valence-corrected chi connectivity index (χ3v) is 0.873. The van der Waals surface area contributed by atoms with Crippen molar-refractivity contribution in [2.24, 2.45) is 0 Å². The largest absolute Gasteiger partial charge is 0.502 e. The molecule has 0 atom stereocenters. The summed E-state index contributed by atoms with van der Waals surface area (Å²) in [6, 6.07) is 0. The molecule has 0 aromatic rings. The molecule has 0 saturated carbocycles. The molecule has 0 fully saturated rings. The van der Waals surface area contributed by atoms with Crippen LogP contribution < -0.4 is 0 Å². The normalized spacial score (nSPS) is 9.00. The maximum Gasteiger partial charge on any atom is 0.0895 e. The predicted octanol–water partition coefficient (Wildman–Crippen LogP) is 1.57. The summed E-state index contributed by atoms with van der Waals surface area (Å²) in [5, 5.41) is 0. The van der Waals surface area contributed by atoms with E-state index in [9.17, 15) is 0 Å². The van der Waals surface area contributed by atoms with Crippen molar-refractivity contribution >= 4 is 0 Å². The Balaban J connectivity index is 2.66. The van der Waals surface area contributed by atoms with Crippen molar-refractivity contribution in [2.45, 2.75) is 13.3 Å². The highest BCUT2D eigenvalue weighted by Crippen LogP contribution is 1.83. The SMILES string of the molecule is C=COCCCOCC. The molecule has 0 heterocycles. The van der Waals surface area contributed by atoms with Gasteiger partial charge in [0.05, 0.1) is 12.9 Å². The van der Waals surface area contributed by atoms with Crippen molar-refractivity contribution in [1.82, 2.24) is 0 Å². The van der Waals surface area contributed by atoms with Gasteiger partial charge in [-0.2, -0.15) is 0 Å². The van der Waals surface area contributed by atoms with E-state index in [1.54, 1.807) is 0 Å². The molecule has 0 unspecified atom stereocenters. The molecule has 0 saturated heterocycles. The highest BCUT2D eigenvalue weighted by molar-refractivity contribution is 4.48. The van der Waals surface area contributed by atoms with Crippen LogP contribution in [0.15, 0.2) is 12.8 Å². The van der Waals surface area contributed by atoms with E-state index < -0.39 is 0 Å². The fraction of sp³-hybridized carbons (Fsp3) is 0.714. The summed E-state index contributed by atoms with van der Waals surface area (Å²) in [5.41, 5.74) is 0. The first-order chi connectivity index (χ1) is 4.41. The van der Waals surface area contributed by atoms with Gasteiger partial charge in [0.1, 0.15) is 0 Å². The van der Waals surface area contributed by atoms with Crippen molar-refractivity contribution in [2.75, 3.05) is 19.8 Å². The lowest BCUT2D eigenvalue weighted by atomic mass is 10.5. The van der Waals surface area contributed by atoms with Crippen molar-refractivity contribution < 1.29 is 9.47 Å². The minimum atomic E-state index is 0.712. The van der Waals surface area contributed by atoms with Crippen LogP contribution in [0.5, 0.6) is 0 Å². The van der Waals surface area contributed by atoms with Crippen LogP contribution in [0.2, 0.25) is 0 Å². The number of hydrogen-bond donors (Lipinski definition) is 0. The second-order valence-corrected chi connectivity index (χ2v) is 1.59. The van der Waals surface area contributed by atoms with Gasteiger partial charge in [0, 0.05) is 19.6 Å². The molecule has 0 aromatic carbocycles. The molecule has 0 aliphatic carbocycles. The van der Waals surface area contributed by atoms with Gasteiger partial charge in [-0.05, 0) is 6.92 Å². The van der Waals surface area contributed by atoms with Crippen LogP contribution in [0, 0.1) is 0 Å². The summed E-state index contributed by atoms with van der Waals surface area (Å²) < 4.78 is 9.93. The first-order valence-corrected chi connectivity index (χ1v) is 3.22. The molecule has 0 radical (unpaired) electrons. The topological polar surface area (TPSA) is 18.5 Å². The van der Waals surface area contributed by atoms with E-state index in [1.165, 1.54) is 6.26 Å². The minimum absolute atomic E-state index is 0.712. The Labute approximate surface area is 56.5 Å². The van der Waals surface area contributed by atoms with Crippen molar-refractivity contribution in [3.63, 3.8) is 0 Å². The molecule has 0 spiro atoms. The van der Waals surface area contributed by atoms with Crippen LogP contribution in [0.3, 0.4) is 0 Å². The van der Waals surface area contributed by atoms with Crippen LogP contribution in [0.1, 0.15) is 13.3 Å². The van der Waals surface area contributed by atoms with Gasteiger partial charge >= 0.3 is 0 Å². The average molecular weight is 130 g/mol. The van der Waals surface area contributed by atoms with Gasteiger partial charge in [0.25, 0.3) is 0 Å². The van der Waals surface area contributed by atoms with Crippen LogP contribution in [0.25, 0.3) is 0 Å². The molecule has 9 heavy (non-hydrogen) atoms. The molecule has 0 amide bonds. The second-order valence-electron chi connectivity index (χ2n) is 1.59. The van der Waals surface area contributed by atoms with Gasteiger partial charge in [0.15, 0.2) is 0 Å². The van der Waals surface area contributed by atoms with Gasteiger partial charge in [-0.3, -0.25) is 0 Å². The smallest absolute Gasteiger partial charge is 0.0895 e. The predicted molar refractivity (Wildman–Crippen MR) is 37.3 cm³/mol. The Kier molecular flexibility index (Phi) is 7.08. The van der Waals surface area contributed by atoms with E-state index in [0.717, 1.165) is 19.6 Å². The molecule has 54 valence electrons. The summed E-state index contributed by atoms with van der Waals surface area (Å²) >= 11 is 0. The van der Waals surface area contributed by atoms with Crippen molar-refractivity contribution in [3.05, 3.63) is 12.8 Å². The summed E-state index contributed by atoms with van der Waals surface area (Å²) in [4.78, 5) is 0. The molecule has 2 heteroatoms. The maximum absolute atomic E-state index is 5.07. The number of hydrogen-bond acceptors (Lipinski definition) is 2. The molecular formula is C7H14O2. The summed E-state index contributed by atoms with van der Waals surface area (Å²) in [7, 11) is 0. The van der Waals surface area contributed by atoms with Gasteiger partial charge in [-0.15, -0.1) is 0 Å². The quantitative estimate of drug-likeness (QED) is 0.401. The summed E-state index contributed by atoms with van der Waals surface area (Å²) in [6.07, 6.45) is 2.39. The lowest BCUT2D eigenvalue weighted by Crippen LogP contribution is -1.97. The van der Waals surface area contributed by atoms with Crippen LogP contribution >= 0.6 is 0 Å². The Morgan fingerprint density at radius 2 is 2.22 bits per heavy atom. The third kappa shape index (κ3) is 7.50. The average Bonchev–Trinajstić information content (AvgIpc) is 1.89. The Hall–Kier alpha value is -0.500. The number of rotatable bonds is 6. The highest BCUT2D eigenvalue weighted by atomic mass is 16.5. The molecule has 0 aliphatic rings. The molecule has 0 rings (SSSR count). The molecule has 0 aromatic heterocycles. The Bertz CT molecular complexity index is 61.9. The van der Waals surface area contributed by atoms with Crippen LogP contribution in [-0.4, -0.2) is 19.8 Å². The maximum atomic E-state index is 5.07. The van der Waals surface area contributed by atoms with E-state index in [0.29, 0.717) is 6.61 Å². The van der Waals surface area contributed by atoms with E-state index in [-0.39, 0.29) is 0 Å². The highest BCUT2D eigenvalue weighted by Gasteiger charge is 1.83. The van der Waals surface area contributed by atoms with Gasteiger partial charge in [-0.25, -0.2) is 0 Å². The van der Waals surface area contributed by atoms with Crippen LogP contribution in [0.4, 0.5) is 0 Å². The molecule has 2 nitrogen and oxygen atoms in total. The monoisotopic (exact) mass is 130 g/mol. The summed E-state index contributed by atoms with van der Waals surface area (Å²) in [6.45, 7) is 7.68. The zero-order valence-corrected chi connectivity index (χ0v) is 5.93. The van der Waals surface area contributed by atoms with E-state index in [1.807, 2.05) is 6.92 Å². The third-order valence-electron chi connectivity index (χ3n) is 0.873. The second kappa shape index (κ2) is 7.50. The Morgan fingerprint density at radius 1 is 1.44 bits per heavy atom. The van der Waals surface area contributed by atoms with Crippen LogP contribution in [-0.2, 0) is 9.47 Å². The standard InChI is InChI=1S/C7H14O2/c1-3-8-6-5-7-9-4-2/h3H,1,4-7H2,2H3. The lowest BCUT2D eigenvalue weighted by molar-refractivity contribution is 0.122. The van der Waals surface area contributed by atoms with Gasteiger partial charge in [-0.1, -0.05) is 6.58 Å². The summed E-state index contributed by atoms with van der Waals surface area (Å²) in [5.74, 6) is 0. The number of ether oxygens (including phenoxy) is 2. The zero-order valence-electron chi connectivity index (χ0n) is 5.93. The van der Waals surface area contributed by atoms with Crippen molar-refractivity contribution in [3.8, 4) is 0 Å². The lowest BCUT2D eigenvalue weighted by Gasteiger charge is -1.99. The zero-order chi connectivity index (χ0) is 6.95. The fourth-order valence-corrected chi connectivity index (χ4v) is 0.472. The van der Waals surface area contributed by atoms with Gasteiger partial charge in [0.2, 0.25) is 0 Å². The van der Waals surface area contributed by atoms with Crippen molar-refractivity contribution in [1.29, 1.82) is 0 Å². The molecule has 0 bridgehead atoms. The minimum Gasteiger partial charge on any atom is -0.502 e. The van der Waals surface area contributed by atoms with E-state index in [2.05, 4.69) is 6.58 Å². The molecule has 0 N–H and O–H groups in total. The first kappa shape index (κ1) is 8.50. The Morgan fingerprint density at radius 3 is 2.78 bits per heavy atom. The molecular weight excluding hydrogens is 116 g/mol.